The van der Waals surface area contributed by atoms with Gasteiger partial charge < -0.3 is 10.6 Å². The second kappa shape index (κ2) is 9.97. The Hall–Kier alpha value is -2.33. The summed E-state index contributed by atoms with van der Waals surface area (Å²) in [5, 5.41) is 4.93. The number of carbonyl (C=O) groups excluding carboxylic acids is 2. The van der Waals surface area contributed by atoms with Crippen molar-refractivity contribution >= 4 is 23.4 Å². The van der Waals surface area contributed by atoms with Crippen molar-refractivity contribution in [2.45, 2.75) is 44.1 Å². The maximum atomic E-state index is 12.6. The highest BCUT2D eigenvalue weighted by molar-refractivity contribution is 6.30. The van der Waals surface area contributed by atoms with Crippen LogP contribution in [-0.2, 0) is 9.59 Å². The van der Waals surface area contributed by atoms with Crippen LogP contribution < -0.4 is 10.6 Å². The lowest BCUT2D eigenvalue weighted by Gasteiger charge is -2.22. The lowest BCUT2D eigenvalue weighted by atomic mass is 10.1. The van der Waals surface area contributed by atoms with E-state index >= 15 is 0 Å². The van der Waals surface area contributed by atoms with Crippen molar-refractivity contribution < 1.29 is 9.59 Å². The van der Waals surface area contributed by atoms with Gasteiger partial charge in [-0.05, 0) is 24.5 Å². The average Bonchev–Trinajstić information content (AvgIpc) is 2.68. The van der Waals surface area contributed by atoms with Crippen LogP contribution in [0.1, 0.15) is 49.2 Å². The van der Waals surface area contributed by atoms with Crippen molar-refractivity contribution in [3.63, 3.8) is 0 Å². The molecule has 0 heterocycles. The van der Waals surface area contributed by atoms with Gasteiger partial charge in [0.15, 0.2) is 0 Å². The molecule has 138 valence electrons. The molecule has 3 atom stereocenters. The quantitative estimate of drug-likeness (QED) is 0.684. The zero-order chi connectivity index (χ0) is 18.9. The Balaban J connectivity index is 2.00. The third-order valence-electron chi connectivity index (χ3n) is 4.19. The highest BCUT2D eigenvalue weighted by atomic mass is 35.5. The van der Waals surface area contributed by atoms with Gasteiger partial charge in [-0.1, -0.05) is 74.0 Å². The van der Waals surface area contributed by atoms with Crippen LogP contribution in [-0.4, -0.2) is 17.9 Å². The Labute approximate surface area is 159 Å². The zero-order valence-electron chi connectivity index (χ0n) is 15.1. The van der Waals surface area contributed by atoms with Crippen molar-refractivity contribution in [1.29, 1.82) is 0 Å². The van der Waals surface area contributed by atoms with E-state index in [0.29, 0.717) is 12.0 Å². The Kier molecular flexibility index (Phi) is 7.67. The standard InChI is InChI=1S/C21H25ClN2O2/c1-3-10-18(20(25)23-15(2)16-11-6-4-7-12-16)24-21(26)19(22)17-13-8-5-9-14-17/h4-9,11-15,18-19H,3,10H2,1-2H3,(H,23,25)(H,24,26). The lowest BCUT2D eigenvalue weighted by Crippen LogP contribution is -2.48. The van der Waals surface area contributed by atoms with E-state index in [9.17, 15) is 9.59 Å². The maximum absolute atomic E-state index is 12.6. The smallest absolute Gasteiger partial charge is 0.243 e. The molecule has 0 aliphatic heterocycles. The molecule has 0 saturated carbocycles. The second-order valence-electron chi connectivity index (χ2n) is 6.26. The number of hydrogen-bond acceptors (Lipinski definition) is 2. The van der Waals surface area contributed by atoms with Crippen molar-refractivity contribution in [1.82, 2.24) is 10.6 Å². The zero-order valence-corrected chi connectivity index (χ0v) is 15.9. The van der Waals surface area contributed by atoms with Crippen LogP contribution in [0.2, 0.25) is 0 Å². The van der Waals surface area contributed by atoms with Gasteiger partial charge in [-0.15, -0.1) is 11.6 Å². The first-order chi connectivity index (χ1) is 12.5. The highest BCUT2D eigenvalue weighted by Crippen LogP contribution is 2.20. The third kappa shape index (κ3) is 5.60. The first kappa shape index (κ1) is 20.0. The number of alkyl halides is 1. The third-order valence-corrected chi connectivity index (χ3v) is 4.64. The Morgan fingerprint density at radius 3 is 1.96 bits per heavy atom. The summed E-state index contributed by atoms with van der Waals surface area (Å²) in [7, 11) is 0. The van der Waals surface area contributed by atoms with Gasteiger partial charge in [0.1, 0.15) is 11.4 Å². The van der Waals surface area contributed by atoms with Crippen LogP contribution in [0.15, 0.2) is 60.7 Å². The Morgan fingerprint density at radius 1 is 0.885 bits per heavy atom. The summed E-state index contributed by atoms with van der Waals surface area (Å²) in [6.07, 6.45) is 1.33. The summed E-state index contributed by atoms with van der Waals surface area (Å²) >= 11 is 6.26. The number of halogens is 1. The molecule has 0 fully saturated rings. The Bertz CT molecular complexity index is 706. The monoisotopic (exact) mass is 372 g/mol. The minimum atomic E-state index is -0.824. The molecule has 3 unspecified atom stereocenters. The summed E-state index contributed by atoms with van der Waals surface area (Å²) in [6.45, 7) is 3.90. The van der Waals surface area contributed by atoms with Gasteiger partial charge in [-0.3, -0.25) is 9.59 Å². The van der Waals surface area contributed by atoms with Gasteiger partial charge in [0.05, 0.1) is 6.04 Å². The van der Waals surface area contributed by atoms with Crippen molar-refractivity contribution in [3.8, 4) is 0 Å². The molecular weight excluding hydrogens is 348 g/mol. The van der Waals surface area contributed by atoms with Crippen LogP contribution in [0.5, 0.6) is 0 Å². The van der Waals surface area contributed by atoms with E-state index in [2.05, 4.69) is 10.6 Å². The number of benzene rings is 2. The van der Waals surface area contributed by atoms with E-state index in [1.54, 1.807) is 12.1 Å². The van der Waals surface area contributed by atoms with Crippen molar-refractivity contribution in [2.75, 3.05) is 0 Å². The van der Waals surface area contributed by atoms with Crippen LogP contribution in [0.3, 0.4) is 0 Å². The largest absolute Gasteiger partial charge is 0.348 e. The fourth-order valence-corrected chi connectivity index (χ4v) is 2.92. The molecule has 0 aromatic heterocycles. The van der Waals surface area contributed by atoms with Gasteiger partial charge in [-0.25, -0.2) is 0 Å². The van der Waals surface area contributed by atoms with Gasteiger partial charge in [0.25, 0.3) is 0 Å². The SMILES string of the molecule is CCCC(NC(=O)C(Cl)c1ccccc1)C(=O)NC(C)c1ccccc1. The van der Waals surface area contributed by atoms with Crippen molar-refractivity contribution in [3.05, 3.63) is 71.8 Å². The molecule has 5 heteroatoms. The molecule has 26 heavy (non-hydrogen) atoms. The minimum Gasteiger partial charge on any atom is -0.348 e. The molecule has 0 saturated heterocycles. The van der Waals surface area contributed by atoms with Gasteiger partial charge in [0, 0.05) is 0 Å². The lowest BCUT2D eigenvalue weighted by molar-refractivity contribution is -0.129. The number of carbonyl (C=O) groups is 2. The summed E-state index contributed by atoms with van der Waals surface area (Å²) in [5.74, 6) is -0.563. The van der Waals surface area contributed by atoms with Gasteiger partial charge in [-0.2, -0.15) is 0 Å². The molecule has 0 radical (unpaired) electrons. The fourth-order valence-electron chi connectivity index (χ4n) is 2.71. The van der Waals surface area contributed by atoms with E-state index < -0.39 is 11.4 Å². The number of amides is 2. The first-order valence-electron chi connectivity index (χ1n) is 8.87. The molecule has 4 nitrogen and oxygen atoms in total. The fraction of sp³-hybridized carbons (Fsp3) is 0.333. The highest BCUT2D eigenvalue weighted by Gasteiger charge is 2.25. The summed E-state index contributed by atoms with van der Waals surface area (Å²) < 4.78 is 0. The van der Waals surface area contributed by atoms with Crippen LogP contribution >= 0.6 is 11.6 Å². The van der Waals surface area contributed by atoms with Crippen LogP contribution in [0, 0.1) is 0 Å². The molecule has 0 spiro atoms. The Morgan fingerprint density at radius 2 is 1.42 bits per heavy atom. The average molecular weight is 373 g/mol. The normalized spacial score (nSPS) is 14.1. The summed E-state index contributed by atoms with van der Waals surface area (Å²) in [4.78, 5) is 25.1. The summed E-state index contributed by atoms with van der Waals surface area (Å²) in [5.41, 5.74) is 1.72. The molecule has 2 aromatic rings. The molecule has 2 aromatic carbocycles. The maximum Gasteiger partial charge on any atom is 0.243 e. The predicted octanol–water partition coefficient (Wildman–Crippen LogP) is 4.13. The molecule has 2 N–H and O–H groups in total. The van der Waals surface area contributed by atoms with Crippen LogP contribution in [0.25, 0.3) is 0 Å². The van der Waals surface area contributed by atoms with E-state index in [1.807, 2.05) is 62.4 Å². The number of rotatable bonds is 8. The van der Waals surface area contributed by atoms with E-state index in [-0.39, 0.29) is 17.9 Å². The number of nitrogens with one attached hydrogen (secondary N) is 2. The summed E-state index contributed by atoms with van der Waals surface area (Å²) in [6, 6.07) is 18.1. The predicted molar refractivity (Wildman–Crippen MR) is 105 cm³/mol. The molecule has 0 aliphatic rings. The van der Waals surface area contributed by atoms with E-state index in [0.717, 1.165) is 12.0 Å². The van der Waals surface area contributed by atoms with Crippen molar-refractivity contribution in [2.24, 2.45) is 0 Å². The number of hydrogen-bond donors (Lipinski definition) is 2. The van der Waals surface area contributed by atoms with Gasteiger partial charge in [0.2, 0.25) is 11.8 Å². The van der Waals surface area contributed by atoms with E-state index in [1.165, 1.54) is 0 Å². The first-order valence-corrected chi connectivity index (χ1v) is 9.31. The molecule has 0 bridgehead atoms. The van der Waals surface area contributed by atoms with E-state index in [4.69, 9.17) is 11.6 Å². The van der Waals surface area contributed by atoms with Crippen LogP contribution in [0.4, 0.5) is 0 Å². The molecular formula is C21H25ClN2O2. The molecule has 0 aliphatic carbocycles. The van der Waals surface area contributed by atoms with Gasteiger partial charge >= 0.3 is 0 Å². The topological polar surface area (TPSA) is 58.2 Å². The minimum absolute atomic E-state index is 0.138. The second-order valence-corrected chi connectivity index (χ2v) is 6.70. The molecule has 2 rings (SSSR count). The molecule has 2 amide bonds.